The number of hydrogen-bond donors (Lipinski definition) is 2. The third kappa shape index (κ3) is 12.1. The first-order valence-electron chi connectivity index (χ1n) is 15.1. The fraction of sp³-hybridized carbons (Fsp3) is 0.528. The maximum absolute atomic E-state index is 13.8. The molecule has 6 nitrogen and oxygen atoms in total. The number of likely N-dealkylation sites (N-methyl/N-ethyl adjacent to an activating group) is 1. The van der Waals surface area contributed by atoms with E-state index < -0.39 is 28.9 Å². The quantitative estimate of drug-likeness (QED) is 0.225. The van der Waals surface area contributed by atoms with Gasteiger partial charge in [-0.15, -0.1) is 0 Å². The zero-order valence-electron chi connectivity index (χ0n) is 26.8. The van der Waals surface area contributed by atoms with Gasteiger partial charge in [0, 0.05) is 24.1 Å². The average molecular weight is 575 g/mol. The van der Waals surface area contributed by atoms with E-state index in [0.717, 1.165) is 29.5 Å². The van der Waals surface area contributed by atoms with Crippen LogP contribution in [-0.2, 0) is 25.5 Å². The summed E-state index contributed by atoms with van der Waals surface area (Å²) in [6.45, 7) is 13.4. The Balaban J connectivity index is 2.27. The normalized spacial score (nSPS) is 13.6. The van der Waals surface area contributed by atoms with Crippen LogP contribution < -0.4 is 10.6 Å². The molecule has 42 heavy (non-hydrogen) atoms. The van der Waals surface area contributed by atoms with Gasteiger partial charge in [0.15, 0.2) is 0 Å². The van der Waals surface area contributed by atoms with Crippen molar-refractivity contribution < 1.29 is 19.1 Å². The summed E-state index contributed by atoms with van der Waals surface area (Å²) in [4.78, 5) is 39.7. The second-order valence-electron chi connectivity index (χ2n) is 13.1. The van der Waals surface area contributed by atoms with Crippen molar-refractivity contribution in [3.05, 3.63) is 71.3 Å². The van der Waals surface area contributed by atoms with Crippen molar-refractivity contribution in [2.24, 2.45) is 17.3 Å². The van der Waals surface area contributed by atoms with E-state index in [4.69, 9.17) is 4.74 Å². The minimum atomic E-state index is -0.699. The Morgan fingerprint density at radius 2 is 1.40 bits per heavy atom. The van der Waals surface area contributed by atoms with Gasteiger partial charge in [0.1, 0.15) is 11.6 Å². The first-order chi connectivity index (χ1) is 19.7. The summed E-state index contributed by atoms with van der Waals surface area (Å²) >= 11 is 0. The Kier molecular flexibility index (Phi) is 13.3. The van der Waals surface area contributed by atoms with E-state index in [0.29, 0.717) is 25.7 Å². The smallest absolute Gasteiger partial charge is 0.309 e. The van der Waals surface area contributed by atoms with Crippen LogP contribution in [0.1, 0.15) is 97.3 Å². The van der Waals surface area contributed by atoms with Crippen LogP contribution in [0.2, 0.25) is 0 Å². The molecule has 6 heteroatoms. The lowest BCUT2D eigenvalue weighted by atomic mass is 9.83. The van der Waals surface area contributed by atoms with E-state index >= 15 is 0 Å². The van der Waals surface area contributed by atoms with Crippen molar-refractivity contribution in [2.75, 3.05) is 7.05 Å². The van der Waals surface area contributed by atoms with Gasteiger partial charge in [0.05, 0.1) is 5.92 Å². The standard InChI is InChI=1S/C36H50N2O4/c1-9-10-16-30(34(41)42-36(5,6)7)25-29(32(39)38-31(33(40)37-8)35(2,3)4)24-23-28-21-19-27(20-22-28)18-17-26-14-12-11-13-15-26/h11-15,19-22,29-31H,9-10,16,23-25H2,1-8H3,(H,37,40)(H,38,39)/t29-,30+,31-/m1/s1. The summed E-state index contributed by atoms with van der Waals surface area (Å²) in [5.41, 5.74) is 1.87. The van der Waals surface area contributed by atoms with Gasteiger partial charge >= 0.3 is 5.97 Å². The Labute approximate surface area is 253 Å². The molecule has 0 aliphatic carbocycles. The Bertz CT molecular complexity index is 1210. The van der Waals surface area contributed by atoms with Gasteiger partial charge in [-0.25, -0.2) is 0 Å². The minimum absolute atomic E-state index is 0.214. The van der Waals surface area contributed by atoms with E-state index in [2.05, 4.69) is 29.4 Å². The lowest BCUT2D eigenvalue weighted by Crippen LogP contribution is -2.54. The SMILES string of the molecule is CCCC[C@@H](C[C@@H](CCc1ccc(C#Cc2ccccc2)cc1)C(=O)N[C@H](C(=O)NC)C(C)(C)C)C(=O)OC(C)(C)C. The highest BCUT2D eigenvalue weighted by atomic mass is 16.6. The molecule has 2 N–H and O–H groups in total. The second kappa shape index (κ2) is 16.2. The van der Waals surface area contributed by atoms with Crippen molar-refractivity contribution in [3.63, 3.8) is 0 Å². The van der Waals surface area contributed by atoms with Gasteiger partial charge in [-0.1, -0.05) is 82.7 Å². The van der Waals surface area contributed by atoms with Gasteiger partial charge in [0.25, 0.3) is 0 Å². The molecule has 0 saturated heterocycles. The molecule has 0 spiro atoms. The lowest BCUT2D eigenvalue weighted by Gasteiger charge is -2.32. The van der Waals surface area contributed by atoms with Gasteiger partial charge in [0.2, 0.25) is 11.8 Å². The third-order valence-corrected chi connectivity index (χ3v) is 7.11. The molecule has 0 aromatic heterocycles. The Hall–Kier alpha value is -3.59. The summed E-state index contributed by atoms with van der Waals surface area (Å²) in [7, 11) is 1.57. The number of rotatable bonds is 12. The fourth-order valence-corrected chi connectivity index (χ4v) is 4.71. The molecule has 2 aromatic rings. The van der Waals surface area contributed by atoms with Crippen molar-refractivity contribution in [1.29, 1.82) is 0 Å². The second-order valence-corrected chi connectivity index (χ2v) is 13.1. The summed E-state index contributed by atoms with van der Waals surface area (Å²) < 4.78 is 5.75. The number of carbonyl (C=O) groups is 3. The van der Waals surface area contributed by atoms with Crippen LogP contribution in [0.5, 0.6) is 0 Å². The van der Waals surface area contributed by atoms with E-state index in [1.165, 1.54) is 0 Å². The molecule has 3 atom stereocenters. The van der Waals surface area contributed by atoms with E-state index in [9.17, 15) is 14.4 Å². The molecule has 0 saturated carbocycles. The Morgan fingerprint density at radius 3 is 1.93 bits per heavy atom. The average Bonchev–Trinajstić information content (AvgIpc) is 2.93. The number of ether oxygens (including phenoxy) is 1. The maximum Gasteiger partial charge on any atom is 0.309 e. The summed E-state index contributed by atoms with van der Waals surface area (Å²) in [6.07, 6.45) is 4.02. The van der Waals surface area contributed by atoms with E-state index in [-0.39, 0.29) is 17.8 Å². The number of carbonyl (C=O) groups excluding carboxylic acids is 3. The number of amides is 2. The molecule has 2 rings (SSSR count). The Morgan fingerprint density at radius 1 is 0.810 bits per heavy atom. The lowest BCUT2D eigenvalue weighted by molar-refractivity contribution is -0.161. The molecule has 228 valence electrons. The molecule has 0 radical (unpaired) electrons. The highest BCUT2D eigenvalue weighted by molar-refractivity contribution is 5.89. The predicted molar refractivity (Wildman–Crippen MR) is 170 cm³/mol. The van der Waals surface area contributed by atoms with Gasteiger partial charge < -0.3 is 15.4 Å². The van der Waals surface area contributed by atoms with Crippen LogP contribution in [0.25, 0.3) is 0 Å². The number of hydrogen-bond acceptors (Lipinski definition) is 4. The van der Waals surface area contributed by atoms with Gasteiger partial charge in [-0.2, -0.15) is 0 Å². The molecule has 0 aliphatic rings. The first kappa shape index (κ1) is 34.6. The topological polar surface area (TPSA) is 84.5 Å². The third-order valence-electron chi connectivity index (χ3n) is 7.11. The van der Waals surface area contributed by atoms with Crippen LogP contribution >= 0.6 is 0 Å². The number of unbranched alkanes of at least 4 members (excludes halogenated alkanes) is 1. The molecule has 0 bridgehead atoms. The summed E-state index contributed by atoms with van der Waals surface area (Å²) in [5.74, 6) is 4.78. The van der Waals surface area contributed by atoms with Crippen LogP contribution in [0.15, 0.2) is 54.6 Å². The zero-order valence-corrected chi connectivity index (χ0v) is 26.8. The summed E-state index contributed by atoms with van der Waals surface area (Å²) in [5, 5.41) is 5.69. The fourth-order valence-electron chi connectivity index (χ4n) is 4.71. The van der Waals surface area contributed by atoms with Crippen molar-refractivity contribution >= 4 is 17.8 Å². The van der Waals surface area contributed by atoms with Crippen LogP contribution in [-0.4, -0.2) is 36.5 Å². The highest BCUT2D eigenvalue weighted by Crippen LogP contribution is 2.27. The molecule has 0 fully saturated rings. The van der Waals surface area contributed by atoms with Crippen LogP contribution in [0, 0.1) is 29.1 Å². The van der Waals surface area contributed by atoms with Gasteiger partial charge in [-0.3, -0.25) is 14.4 Å². The molecule has 2 amide bonds. The number of nitrogens with one attached hydrogen (secondary N) is 2. The minimum Gasteiger partial charge on any atom is -0.460 e. The zero-order chi connectivity index (χ0) is 31.3. The predicted octanol–water partition coefficient (Wildman–Crippen LogP) is 6.45. The van der Waals surface area contributed by atoms with E-state index in [1.807, 2.05) is 96.1 Å². The number of aryl methyl sites for hydroxylation is 1. The molecule has 2 aromatic carbocycles. The number of esters is 1. The van der Waals surface area contributed by atoms with Crippen molar-refractivity contribution in [1.82, 2.24) is 10.6 Å². The molecule has 0 heterocycles. The number of benzene rings is 2. The molecule has 0 aliphatic heterocycles. The van der Waals surface area contributed by atoms with Gasteiger partial charge in [-0.05, 0) is 81.7 Å². The highest BCUT2D eigenvalue weighted by Gasteiger charge is 2.36. The maximum atomic E-state index is 13.8. The monoisotopic (exact) mass is 574 g/mol. The first-order valence-corrected chi connectivity index (χ1v) is 15.1. The molecular formula is C36H50N2O4. The summed E-state index contributed by atoms with van der Waals surface area (Å²) in [6, 6.07) is 17.2. The van der Waals surface area contributed by atoms with E-state index in [1.54, 1.807) is 7.05 Å². The molecular weight excluding hydrogens is 524 g/mol. The van der Waals surface area contributed by atoms with Crippen LogP contribution in [0.4, 0.5) is 0 Å². The largest absolute Gasteiger partial charge is 0.460 e. The van der Waals surface area contributed by atoms with Crippen molar-refractivity contribution in [3.8, 4) is 11.8 Å². The molecule has 0 unspecified atom stereocenters. The van der Waals surface area contributed by atoms with Crippen molar-refractivity contribution in [2.45, 2.75) is 98.6 Å². The van der Waals surface area contributed by atoms with Crippen LogP contribution in [0.3, 0.4) is 0 Å².